The zero-order valence-electron chi connectivity index (χ0n) is 18.9. The van der Waals surface area contributed by atoms with Gasteiger partial charge in [-0.2, -0.15) is 0 Å². The monoisotopic (exact) mass is 488 g/mol. The number of anilines is 1. The van der Waals surface area contributed by atoms with Gasteiger partial charge in [0.25, 0.3) is 15.9 Å². The molecule has 0 aliphatic carbocycles. The maximum atomic E-state index is 13.9. The Morgan fingerprint density at radius 3 is 2.24 bits per heavy atom. The third-order valence-corrected chi connectivity index (χ3v) is 6.24. The van der Waals surface area contributed by atoms with Gasteiger partial charge in [-0.15, -0.1) is 0 Å². The highest BCUT2D eigenvalue weighted by Crippen LogP contribution is 2.34. The third kappa shape index (κ3) is 5.76. The third-order valence-electron chi connectivity index (χ3n) is 4.85. The fraction of sp³-hybridized carbons (Fsp3) is 0.208. The molecule has 0 spiro atoms. The Hall–Kier alpha value is -3.79. The minimum Gasteiger partial charge on any atom is -0.494 e. The molecule has 0 bridgehead atoms. The maximum Gasteiger partial charge on any atom is 0.261 e. The summed E-state index contributed by atoms with van der Waals surface area (Å²) in [4.78, 5) is 13.0. The van der Waals surface area contributed by atoms with Crippen LogP contribution in [0.5, 0.6) is 17.2 Å². The maximum absolute atomic E-state index is 13.9. The molecule has 0 radical (unpaired) electrons. The highest BCUT2D eigenvalue weighted by molar-refractivity contribution is 7.92. The van der Waals surface area contributed by atoms with Crippen LogP contribution in [0, 0.1) is 5.82 Å². The average molecular weight is 489 g/mol. The summed E-state index contributed by atoms with van der Waals surface area (Å²) in [5, 5.41) is 2.61. The first-order chi connectivity index (χ1) is 16.3. The number of benzene rings is 3. The smallest absolute Gasteiger partial charge is 0.261 e. The van der Waals surface area contributed by atoms with Crippen LogP contribution in [-0.2, 0) is 16.6 Å². The highest BCUT2D eigenvalue weighted by Gasteiger charge is 2.22. The van der Waals surface area contributed by atoms with Crippen molar-refractivity contribution in [1.29, 1.82) is 0 Å². The number of nitrogens with one attached hydrogen (secondary N) is 2. The molecule has 0 heterocycles. The molecule has 34 heavy (non-hydrogen) atoms. The second kappa shape index (κ2) is 10.9. The highest BCUT2D eigenvalue weighted by atomic mass is 32.2. The van der Waals surface area contributed by atoms with Crippen molar-refractivity contribution < 1.29 is 31.8 Å². The molecule has 0 aliphatic rings. The number of carbonyl (C=O) groups is 1. The molecule has 0 atom stereocenters. The van der Waals surface area contributed by atoms with Crippen molar-refractivity contribution in [2.45, 2.75) is 18.4 Å². The van der Waals surface area contributed by atoms with Gasteiger partial charge in [-0.1, -0.05) is 18.2 Å². The number of hydrogen-bond donors (Lipinski definition) is 2. The first-order valence-corrected chi connectivity index (χ1v) is 11.8. The Morgan fingerprint density at radius 1 is 0.971 bits per heavy atom. The molecule has 3 aromatic rings. The van der Waals surface area contributed by atoms with E-state index in [2.05, 4.69) is 10.0 Å². The minimum absolute atomic E-state index is 0.0245. The van der Waals surface area contributed by atoms with Crippen LogP contribution in [0.25, 0.3) is 0 Å². The van der Waals surface area contributed by atoms with Gasteiger partial charge in [-0.25, -0.2) is 12.8 Å². The van der Waals surface area contributed by atoms with Crippen LogP contribution in [0.2, 0.25) is 0 Å². The molecule has 8 nitrogen and oxygen atoms in total. The molecule has 0 unspecified atom stereocenters. The van der Waals surface area contributed by atoms with Crippen LogP contribution in [0.4, 0.5) is 10.1 Å². The van der Waals surface area contributed by atoms with E-state index in [0.29, 0.717) is 12.4 Å². The van der Waals surface area contributed by atoms with Gasteiger partial charge in [0.15, 0.2) is 11.5 Å². The van der Waals surface area contributed by atoms with E-state index in [1.165, 1.54) is 56.7 Å². The molecule has 0 fully saturated rings. The van der Waals surface area contributed by atoms with Crippen molar-refractivity contribution in [2.75, 3.05) is 25.5 Å². The van der Waals surface area contributed by atoms with E-state index in [4.69, 9.17) is 14.2 Å². The van der Waals surface area contributed by atoms with Crippen molar-refractivity contribution >= 4 is 21.6 Å². The number of sulfonamides is 1. The Kier molecular flexibility index (Phi) is 7.95. The molecule has 10 heteroatoms. The van der Waals surface area contributed by atoms with Crippen LogP contribution in [0.15, 0.2) is 65.6 Å². The first-order valence-electron chi connectivity index (χ1n) is 10.3. The fourth-order valence-electron chi connectivity index (χ4n) is 3.15. The Labute approximate surface area is 197 Å². The topological polar surface area (TPSA) is 103 Å². The van der Waals surface area contributed by atoms with Gasteiger partial charge in [0.05, 0.1) is 37.0 Å². The van der Waals surface area contributed by atoms with Crippen LogP contribution < -0.4 is 24.2 Å². The normalized spacial score (nSPS) is 10.9. The number of methoxy groups -OCH3 is 2. The summed E-state index contributed by atoms with van der Waals surface area (Å²) in [6.07, 6.45) is 0. The SMILES string of the molecule is CCOc1ccc(S(=O)(=O)Nc2cc(OC)c(OC)cc2C(=O)NCc2ccccc2F)cc1. The number of rotatable bonds is 10. The molecule has 0 aliphatic heterocycles. The molecular formula is C24H25FN2O6S. The van der Waals surface area contributed by atoms with E-state index >= 15 is 0 Å². The predicted octanol–water partition coefficient (Wildman–Crippen LogP) is 3.97. The van der Waals surface area contributed by atoms with Crippen LogP contribution in [0.1, 0.15) is 22.8 Å². The summed E-state index contributed by atoms with van der Waals surface area (Å²) in [6, 6.07) is 14.6. The van der Waals surface area contributed by atoms with Gasteiger partial charge in [-0.3, -0.25) is 9.52 Å². The Bertz CT molecular complexity index is 1260. The Balaban J connectivity index is 1.93. The van der Waals surface area contributed by atoms with E-state index < -0.39 is 21.7 Å². The van der Waals surface area contributed by atoms with Crippen molar-refractivity contribution in [3.63, 3.8) is 0 Å². The van der Waals surface area contributed by atoms with E-state index in [0.717, 1.165) is 0 Å². The van der Waals surface area contributed by atoms with E-state index in [1.807, 2.05) is 6.92 Å². The van der Waals surface area contributed by atoms with Crippen LogP contribution in [0.3, 0.4) is 0 Å². The second-order valence-corrected chi connectivity index (χ2v) is 8.72. The van der Waals surface area contributed by atoms with Crippen molar-refractivity contribution in [2.24, 2.45) is 0 Å². The van der Waals surface area contributed by atoms with Gasteiger partial charge in [0.2, 0.25) is 0 Å². The zero-order chi connectivity index (χ0) is 24.7. The lowest BCUT2D eigenvalue weighted by Crippen LogP contribution is -2.25. The predicted molar refractivity (Wildman–Crippen MR) is 126 cm³/mol. The van der Waals surface area contributed by atoms with Gasteiger partial charge in [0.1, 0.15) is 11.6 Å². The van der Waals surface area contributed by atoms with E-state index in [1.54, 1.807) is 18.2 Å². The van der Waals surface area contributed by atoms with Crippen molar-refractivity contribution in [3.05, 3.63) is 77.6 Å². The lowest BCUT2D eigenvalue weighted by atomic mass is 10.1. The molecular weight excluding hydrogens is 463 g/mol. The summed E-state index contributed by atoms with van der Waals surface area (Å²) in [7, 11) is -1.28. The second-order valence-electron chi connectivity index (χ2n) is 7.04. The quantitative estimate of drug-likeness (QED) is 0.448. The van der Waals surface area contributed by atoms with Crippen LogP contribution in [-0.4, -0.2) is 35.2 Å². The van der Waals surface area contributed by atoms with E-state index in [9.17, 15) is 17.6 Å². The number of carbonyl (C=O) groups excluding carboxylic acids is 1. The lowest BCUT2D eigenvalue weighted by molar-refractivity contribution is 0.0951. The Morgan fingerprint density at radius 2 is 1.62 bits per heavy atom. The zero-order valence-corrected chi connectivity index (χ0v) is 19.7. The van der Waals surface area contributed by atoms with Gasteiger partial charge in [-0.05, 0) is 43.3 Å². The number of ether oxygens (including phenoxy) is 3. The summed E-state index contributed by atoms with van der Waals surface area (Å²) in [6.45, 7) is 2.17. The average Bonchev–Trinajstić information content (AvgIpc) is 2.83. The standard InChI is InChI=1S/C24H25FN2O6S/c1-4-33-17-9-11-18(12-10-17)34(29,30)27-21-14-23(32-3)22(31-2)13-19(21)24(28)26-15-16-7-5-6-8-20(16)25/h5-14,27H,4,15H2,1-3H3,(H,26,28). The minimum atomic E-state index is -4.06. The number of halogens is 1. The van der Waals surface area contributed by atoms with Gasteiger partial charge >= 0.3 is 0 Å². The lowest BCUT2D eigenvalue weighted by Gasteiger charge is -2.17. The summed E-state index contributed by atoms with van der Waals surface area (Å²) in [5.74, 6) is -0.124. The number of hydrogen-bond acceptors (Lipinski definition) is 6. The summed E-state index contributed by atoms with van der Waals surface area (Å²) < 4.78 is 58.3. The van der Waals surface area contributed by atoms with Gasteiger partial charge < -0.3 is 19.5 Å². The fourth-order valence-corrected chi connectivity index (χ4v) is 4.22. The van der Waals surface area contributed by atoms with E-state index in [-0.39, 0.29) is 39.8 Å². The van der Waals surface area contributed by atoms with Crippen molar-refractivity contribution in [1.82, 2.24) is 5.32 Å². The molecule has 0 saturated heterocycles. The molecule has 1 amide bonds. The summed E-state index contributed by atoms with van der Waals surface area (Å²) >= 11 is 0. The molecule has 0 saturated carbocycles. The number of amides is 1. The summed E-state index contributed by atoms with van der Waals surface area (Å²) in [5.41, 5.74) is 0.230. The molecule has 3 aromatic carbocycles. The first kappa shape index (κ1) is 24.8. The van der Waals surface area contributed by atoms with Gasteiger partial charge in [0, 0.05) is 18.2 Å². The van der Waals surface area contributed by atoms with Crippen LogP contribution >= 0.6 is 0 Å². The molecule has 180 valence electrons. The molecule has 3 rings (SSSR count). The molecule has 2 N–H and O–H groups in total. The molecule has 0 aromatic heterocycles. The van der Waals surface area contributed by atoms with Crippen molar-refractivity contribution in [3.8, 4) is 17.2 Å². The largest absolute Gasteiger partial charge is 0.494 e.